The Bertz CT molecular complexity index is 258. The van der Waals surface area contributed by atoms with Crippen molar-refractivity contribution < 1.29 is 4.79 Å². The lowest BCUT2D eigenvalue weighted by Gasteiger charge is -2.36. The van der Waals surface area contributed by atoms with Gasteiger partial charge in [0.15, 0.2) is 0 Å². The number of piperazine rings is 1. The number of nitrogens with zero attached hydrogens (tertiary/aromatic N) is 2. The molecule has 2 unspecified atom stereocenters. The maximum Gasteiger partial charge on any atom is 0.236 e. The number of rotatable bonds is 2. The van der Waals surface area contributed by atoms with Crippen molar-refractivity contribution in [2.24, 2.45) is 0 Å². The maximum atomic E-state index is 12.1. The Hall–Kier alpha value is -0.260. The van der Waals surface area contributed by atoms with E-state index in [9.17, 15) is 4.79 Å². The van der Waals surface area contributed by atoms with Crippen LogP contribution in [0.15, 0.2) is 0 Å². The van der Waals surface area contributed by atoms with Gasteiger partial charge in [0.05, 0.1) is 6.54 Å². The summed E-state index contributed by atoms with van der Waals surface area (Å²) in [5.74, 6) is 0.304. The zero-order chi connectivity index (χ0) is 12.3. The number of hydrogen-bond acceptors (Lipinski definition) is 4. The quantitative estimate of drug-likeness (QED) is 0.769. The van der Waals surface area contributed by atoms with Gasteiger partial charge in [0.2, 0.25) is 5.91 Å². The fourth-order valence-electron chi connectivity index (χ4n) is 2.62. The summed E-state index contributed by atoms with van der Waals surface area (Å²) >= 11 is 2.03. The molecule has 2 heterocycles. The molecule has 0 radical (unpaired) electrons. The molecule has 2 fully saturated rings. The second-order valence-electron chi connectivity index (χ2n) is 5.08. The largest absolute Gasteiger partial charge is 0.339 e. The first-order valence-electron chi connectivity index (χ1n) is 6.51. The first-order valence-corrected chi connectivity index (χ1v) is 7.45. The van der Waals surface area contributed by atoms with Crippen LogP contribution in [0.2, 0.25) is 0 Å². The van der Waals surface area contributed by atoms with E-state index in [2.05, 4.69) is 24.1 Å². The molecule has 0 saturated carbocycles. The molecule has 4 nitrogen and oxygen atoms in total. The fourth-order valence-corrected chi connectivity index (χ4v) is 4.01. The number of carbonyl (C=O) groups excluding carboxylic acids is 1. The zero-order valence-corrected chi connectivity index (χ0v) is 11.6. The number of thioether (sulfide) groups is 1. The lowest BCUT2D eigenvalue weighted by Crippen LogP contribution is -2.51. The minimum atomic E-state index is 0.304. The smallest absolute Gasteiger partial charge is 0.236 e. The van der Waals surface area contributed by atoms with E-state index in [-0.39, 0.29) is 0 Å². The van der Waals surface area contributed by atoms with Gasteiger partial charge in [0, 0.05) is 49.8 Å². The third-order valence-corrected chi connectivity index (χ3v) is 4.55. The van der Waals surface area contributed by atoms with Crippen molar-refractivity contribution in [2.45, 2.75) is 24.3 Å². The van der Waals surface area contributed by atoms with Gasteiger partial charge in [0.1, 0.15) is 0 Å². The van der Waals surface area contributed by atoms with Crippen molar-refractivity contribution in [1.82, 2.24) is 15.1 Å². The molecule has 1 N–H and O–H groups in total. The van der Waals surface area contributed by atoms with Gasteiger partial charge in [-0.3, -0.25) is 9.69 Å². The Morgan fingerprint density at radius 3 is 2.41 bits per heavy atom. The van der Waals surface area contributed by atoms with Crippen LogP contribution in [-0.2, 0) is 4.79 Å². The van der Waals surface area contributed by atoms with E-state index in [1.807, 2.05) is 16.7 Å². The minimum Gasteiger partial charge on any atom is -0.339 e. The molecule has 0 aromatic carbocycles. The molecule has 2 saturated heterocycles. The summed E-state index contributed by atoms with van der Waals surface area (Å²) in [7, 11) is 0. The van der Waals surface area contributed by atoms with Crippen LogP contribution < -0.4 is 5.32 Å². The van der Waals surface area contributed by atoms with Crippen LogP contribution in [0.5, 0.6) is 0 Å². The predicted molar refractivity (Wildman–Crippen MR) is 72.4 cm³/mol. The third-order valence-electron chi connectivity index (χ3n) is 3.32. The van der Waals surface area contributed by atoms with Gasteiger partial charge in [-0.1, -0.05) is 13.8 Å². The standard InChI is InChI=1S/C12H23N3OS/c1-10-7-14(8-11(2)17-10)9-12(16)15-5-3-13-4-6-15/h10-11,13H,3-9H2,1-2H3. The summed E-state index contributed by atoms with van der Waals surface area (Å²) in [5.41, 5.74) is 0. The van der Waals surface area contributed by atoms with Crippen LogP contribution in [-0.4, -0.2) is 72.0 Å². The molecule has 0 bridgehead atoms. The number of hydrogen-bond donors (Lipinski definition) is 1. The molecule has 0 spiro atoms. The molecule has 2 rings (SSSR count). The van der Waals surface area contributed by atoms with Crippen molar-refractivity contribution in [3.05, 3.63) is 0 Å². The van der Waals surface area contributed by atoms with Crippen molar-refractivity contribution in [3.8, 4) is 0 Å². The van der Waals surface area contributed by atoms with Crippen molar-refractivity contribution in [3.63, 3.8) is 0 Å². The highest BCUT2D eigenvalue weighted by molar-refractivity contribution is 8.00. The third kappa shape index (κ3) is 3.86. The van der Waals surface area contributed by atoms with Crippen molar-refractivity contribution in [2.75, 3.05) is 45.8 Å². The lowest BCUT2D eigenvalue weighted by molar-refractivity contribution is -0.133. The average Bonchev–Trinajstić information content (AvgIpc) is 2.28. The van der Waals surface area contributed by atoms with Gasteiger partial charge < -0.3 is 10.2 Å². The van der Waals surface area contributed by atoms with Crippen LogP contribution in [0.25, 0.3) is 0 Å². The van der Waals surface area contributed by atoms with Gasteiger partial charge in [-0.15, -0.1) is 0 Å². The van der Waals surface area contributed by atoms with Gasteiger partial charge >= 0.3 is 0 Å². The van der Waals surface area contributed by atoms with Crippen LogP contribution >= 0.6 is 11.8 Å². The molecule has 2 aliphatic heterocycles. The summed E-state index contributed by atoms with van der Waals surface area (Å²) in [5, 5.41) is 4.57. The maximum absolute atomic E-state index is 12.1. The van der Waals surface area contributed by atoms with E-state index in [0.29, 0.717) is 23.0 Å². The number of amides is 1. The van der Waals surface area contributed by atoms with E-state index in [1.165, 1.54) is 0 Å². The van der Waals surface area contributed by atoms with Gasteiger partial charge in [0.25, 0.3) is 0 Å². The van der Waals surface area contributed by atoms with E-state index in [4.69, 9.17) is 0 Å². The van der Waals surface area contributed by atoms with Crippen molar-refractivity contribution >= 4 is 17.7 Å². The van der Waals surface area contributed by atoms with E-state index < -0.39 is 0 Å². The molecule has 1 amide bonds. The molecule has 98 valence electrons. The molecule has 5 heteroatoms. The normalized spacial score (nSPS) is 31.5. The first kappa shape index (κ1) is 13.2. The topological polar surface area (TPSA) is 35.6 Å². The van der Waals surface area contributed by atoms with Gasteiger partial charge in [-0.25, -0.2) is 0 Å². The van der Waals surface area contributed by atoms with Gasteiger partial charge in [-0.2, -0.15) is 11.8 Å². The first-order chi connectivity index (χ1) is 8.15. The van der Waals surface area contributed by atoms with Crippen LogP contribution in [0.1, 0.15) is 13.8 Å². The van der Waals surface area contributed by atoms with Gasteiger partial charge in [-0.05, 0) is 0 Å². The Morgan fingerprint density at radius 1 is 1.24 bits per heavy atom. The summed E-state index contributed by atoms with van der Waals surface area (Å²) in [6, 6.07) is 0. The molecular formula is C12H23N3OS. The summed E-state index contributed by atoms with van der Waals surface area (Å²) < 4.78 is 0. The second-order valence-corrected chi connectivity index (χ2v) is 6.96. The Labute approximate surface area is 108 Å². The summed E-state index contributed by atoms with van der Waals surface area (Å²) in [4.78, 5) is 16.4. The minimum absolute atomic E-state index is 0.304. The summed E-state index contributed by atoms with van der Waals surface area (Å²) in [6.07, 6.45) is 0. The number of carbonyl (C=O) groups is 1. The Morgan fingerprint density at radius 2 is 1.82 bits per heavy atom. The zero-order valence-electron chi connectivity index (χ0n) is 10.8. The lowest BCUT2D eigenvalue weighted by atomic mass is 10.3. The Kier molecular flexibility index (Phi) is 4.70. The average molecular weight is 257 g/mol. The second kappa shape index (κ2) is 6.07. The van der Waals surface area contributed by atoms with Crippen LogP contribution in [0.3, 0.4) is 0 Å². The molecule has 17 heavy (non-hydrogen) atoms. The SMILES string of the molecule is CC1CN(CC(=O)N2CCNCC2)CC(C)S1. The fraction of sp³-hybridized carbons (Fsp3) is 0.917. The molecule has 2 atom stereocenters. The van der Waals surface area contributed by atoms with Crippen LogP contribution in [0.4, 0.5) is 0 Å². The van der Waals surface area contributed by atoms with E-state index in [0.717, 1.165) is 39.3 Å². The molecule has 0 aliphatic carbocycles. The molecule has 0 aromatic rings. The Balaban J connectivity index is 1.80. The predicted octanol–water partition coefficient (Wildman–Crippen LogP) is 0.244. The highest BCUT2D eigenvalue weighted by Gasteiger charge is 2.25. The molecule has 2 aliphatic rings. The highest BCUT2D eigenvalue weighted by Crippen LogP contribution is 2.24. The number of nitrogens with one attached hydrogen (secondary N) is 1. The van der Waals surface area contributed by atoms with E-state index in [1.54, 1.807) is 0 Å². The van der Waals surface area contributed by atoms with Crippen LogP contribution in [0, 0.1) is 0 Å². The highest BCUT2D eigenvalue weighted by atomic mass is 32.2. The molecular weight excluding hydrogens is 234 g/mol. The van der Waals surface area contributed by atoms with E-state index >= 15 is 0 Å². The molecule has 0 aromatic heterocycles. The summed E-state index contributed by atoms with van der Waals surface area (Å²) in [6.45, 7) is 10.8. The van der Waals surface area contributed by atoms with Crippen molar-refractivity contribution in [1.29, 1.82) is 0 Å². The monoisotopic (exact) mass is 257 g/mol.